The van der Waals surface area contributed by atoms with Crippen LogP contribution in [-0.2, 0) is 0 Å². The van der Waals surface area contributed by atoms with E-state index in [-0.39, 0.29) is 6.04 Å². The van der Waals surface area contributed by atoms with Crippen molar-refractivity contribution in [1.82, 2.24) is 5.43 Å². The van der Waals surface area contributed by atoms with Gasteiger partial charge in [0.2, 0.25) is 0 Å². The number of hydrazine groups is 1. The van der Waals surface area contributed by atoms with Crippen molar-refractivity contribution in [2.75, 3.05) is 7.11 Å². The van der Waals surface area contributed by atoms with Crippen LogP contribution in [0.4, 0.5) is 0 Å². The van der Waals surface area contributed by atoms with Crippen molar-refractivity contribution < 1.29 is 4.74 Å². The van der Waals surface area contributed by atoms with E-state index in [4.69, 9.17) is 10.6 Å². The van der Waals surface area contributed by atoms with E-state index in [1.54, 1.807) is 7.11 Å². The zero-order valence-corrected chi connectivity index (χ0v) is 13.1. The molecule has 3 N–H and O–H groups in total. The van der Waals surface area contributed by atoms with Crippen LogP contribution < -0.4 is 16.0 Å². The minimum atomic E-state index is -0.0148. The molecule has 2 aromatic rings. The summed E-state index contributed by atoms with van der Waals surface area (Å²) < 4.78 is 6.43. The van der Waals surface area contributed by atoms with Crippen LogP contribution in [0.1, 0.15) is 22.7 Å². The van der Waals surface area contributed by atoms with E-state index < -0.39 is 0 Å². The quantitative estimate of drug-likeness (QED) is 0.495. The first-order valence-electron chi connectivity index (χ1n) is 6.02. The van der Waals surface area contributed by atoms with Crippen molar-refractivity contribution in [3.8, 4) is 5.75 Å². The third-order valence-corrected chi connectivity index (χ3v) is 4.15. The van der Waals surface area contributed by atoms with Crippen molar-refractivity contribution in [3.05, 3.63) is 62.7 Å². The van der Waals surface area contributed by atoms with Gasteiger partial charge in [0, 0.05) is 3.57 Å². The van der Waals surface area contributed by atoms with Gasteiger partial charge in [-0.3, -0.25) is 5.84 Å². The Morgan fingerprint density at radius 1 is 1.16 bits per heavy atom. The van der Waals surface area contributed by atoms with E-state index in [0.717, 1.165) is 16.9 Å². The maximum Gasteiger partial charge on any atom is 0.119 e. The summed E-state index contributed by atoms with van der Waals surface area (Å²) in [6, 6.07) is 14.3. The Kier molecular flexibility index (Phi) is 4.79. The van der Waals surface area contributed by atoms with Gasteiger partial charge in [-0.15, -0.1) is 0 Å². The maximum absolute atomic E-state index is 5.76. The number of nitrogens with one attached hydrogen (secondary N) is 1. The Hall–Kier alpha value is -1.11. The van der Waals surface area contributed by atoms with Gasteiger partial charge in [0.25, 0.3) is 0 Å². The standard InChI is InChI=1S/C15H17IN2O/c1-10-9-11(19-2)7-8-12(10)15(18-17)13-5-3-4-6-14(13)16/h3-9,15,18H,17H2,1-2H3. The zero-order valence-electron chi connectivity index (χ0n) is 11.0. The lowest BCUT2D eigenvalue weighted by atomic mass is 9.95. The highest BCUT2D eigenvalue weighted by Gasteiger charge is 2.17. The number of benzene rings is 2. The number of rotatable bonds is 4. The Morgan fingerprint density at radius 2 is 1.89 bits per heavy atom. The van der Waals surface area contributed by atoms with Gasteiger partial charge in [-0.05, 0) is 64.4 Å². The normalized spacial score (nSPS) is 12.2. The fourth-order valence-electron chi connectivity index (χ4n) is 2.16. The smallest absolute Gasteiger partial charge is 0.119 e. The summed E-state index contributed by atoms with van der Waals surface area (Å²) in [5, 5.41) is 0. The first-order valence-corrected chi connectivity index (χ1v) is 7.10. The summed E-state index contributed by atoms with van der Waals surface area (Å²) in [7, 11) is 1.67. The molecule has 0 amide bonds. The van der Waals surface area contributed by atoms with Crippen molar-refractivity contribution in [2.45, 2.75) is 13.0 Å². The molecule has 0 saturated heterocycles. The van der Waals surface area contributed by atoms with E-state index in [1.165, 1.54) is 9.13 Å². The molecule has 2 aromatic carbocycles. The lowest BCUT2D eigenvalue weighted by Gasteiger charge is -2.20. The van der Waals surface area contributed by atoms with E-state index in [0.29, 0.717) is 0 Å². The molecule has 100 valence electrons. The summed E-state index contributed by atoms with van der Waals surface area (Å²) in [5.41, 5.74) is 6.40. The third-order valence-electron chi connectivity index (χ3n) is 3.17. The number of halogens is 1. The largest absolute Gasteiger partial charge is 0.497 e. The minimum Gasteiger partial charge on any atom is -0.497 e. The molecule has 0 radical (unpaired) electrons. The number of nitrogens with two attached hydrogens (primary N) is 1. The first-order chi connectivity index (χ1) is 9.17. The molecule has 4 heteroatoms. The van der Waals surface area contributed by atoms with Crippen molar-refractivity contribution in [2.24, 2.45) is 5.84 Å². The van der Waals surface area contributed by atoms with Crippen molar-refractivity contribution in [1.29, 1.82) is 0 Å². The van der Waals surface area contributed by atoms with Gasteiger partial charge in [0.1, 0.15) is 5.75 Å². The van der Waals surface area contributed by atoms with Gasteiger partial charge in [-0.25, -0.2) is 5.43 Å². The minimum absolute atomic E-state index is 0.0148. The van der Waals surface area contributed by atoms with Gasteiger partial charge in [0.05, 0.1) is 13.2 Å². The molecule has 0 aliphatic heterocycles. The average molecular weight is 368 g/mol. The zero-order chi connectivity index (χ0) is 13.8. The third kappa shape index (κ3) is 3.08. The van der Waals surface area contributed by atoms with Crippen LogP contribution in [0, 0.1) is 10.5 Å². The Morgan fingerprint density at radius 3 is 2.47 bits per heavy atom. The Labute approximate surface area is 127 Å². The van der Waals surface area contributed by atoms with Crippen LogP contribution in [0.25, 0.3) is 0 Å². The SMILES string of the molecule is COc1ccc(C(NN)c2ccccc2I)c(C)c1. The highest BCUT2D eigenvalue weighted by Crippen LogP contribution is 2.29. The Balaban J connectivity index is 2.46. The second-order valence-corrected chi connectivity index (χ2v) is 5.51. The number of hydrogen-bond acceptors (Lipinski definition) is 3. The fraction of sp³-hybridized carbons (Fsp3) is 0.200. The van der Waals surface area contributed by atoms with Crippen LogP contribution in [-0.4, -0.2) is 7.11 Å². The molecule has 1 atom stereocenters. The molecule has 2 rings (SSSR count). The maximum atomic E-state index is 5.76. The molecule has 0 heterocycles. The van der Waals surface area contributed by atoms with Gasteiger partial charge < -0.3 is 4.74 Å². The van der Waals surface area contributed by atoms with Gasteiger partial charge >= 0.3 is 0 Å². The molecule has 0 bridgehead atoms. The number of hydrogen-bond donors (Lipinski definition) is 2. The molecular weight excluding hydrogens is 351 g/mol. The topological polar surface area (TPSA) is 47.3 Å². The average Bonchev–Trinajstić information content (AvgIpc) is 2.43. The van der Waals surface area contributed by atoms with Gasteiger partial charge in [-0.2, -0.15) is 0 Å². The first kappa shape index (κ1) is 14.3. The molecule has 3 nitrogen and oxygen atoms in total. The fourth-order valence-corrected chi connectivity index (χ4v) is 2.85. The molecule has 0 spiro atoms. The van der Waals surface area contributed by atoms with E-state index >= 15 is 0 Å². The summed E-state index contributed by atoms with van der Waals surface area (Å²) in [4.78, 5) is 0. The number of aryl methyl sites for hydroxylation is 1. The lowest BCUT2D eigenvalue weighted by molar-refractivity contribution is 0.414. The second kappa shape index (κ2) is 6.36. The summed E-state index contributed by atoms with van der Waals surface area (Å²) >= 11 is 2.33. The molecule has 0 saturated carbocycles. The highest BCUT2D eigenvalue weighted by molar-refractivity contribution is 14.1. The predicted octanol–water partition coefficient (Wildman–Crippen LogP) is 3.16. The van der Waals surface area contributed by atoms with Crippen LogP contribution >= 0.6 is 22.6 Å². The van der Waals surface area contributed by atoms with E-state index in [2.05, 4.69) is 53.1 Å². The lowest BCUT2D eigenvalue weighted by Crippen LogP contribution is -2.30. The second-order valence-electron chi connectivity index (χ2n) is 4.34. The summed E-state index contributed by atoms with van der Waals surface area (Å²) in [6.45, 7) is 2.07. The number of ether oxygens (including phenoxy) is 1. The Bertz CT molecular complexity index is 572. The molecule has 0 aliphatic carbocycles. The van der Waals surface area contributed by atoms with E-state index in [1.807, 2.05) is 24.3 Å². The van der Waals surface area contributed by atoms with Crippen LogP contribution in [0.5, 0.6) is 5.75 Å². The molecule has 0 aliphatic rings. The predicted molar refractivity (Wildman–Crippen MR) is 86.1 cm³/mol. The molecule has 0 fully saturated rings. The molecule has 0 aromatic heterocycles. The van der Waals surface area contributed by atoms with Crippen LogP contribution in [0.15, 0.2) is 42.5 Å². The van der Waals surface area contributed by atoms with Crippen LogP contribution in [0.3, 0.4) is 0 Å². The molecular formula is C15H17IN2O. The van der Waals surface area contributed by atoms with Gasteiger partial charge in [0.15, 0.2) is 0 Å². The van der Waals surface area contributed by atoms with Crippen LogP contribution in [0.2, 0.25) is 0 Å². The van der Waals surface area contributed by atoms with Gasteiger partial charge in [-0.1, -0.05) is 24.3 Å². The summed E-state index contributed by atoms with van der Waals surface area (Å²) in [6.07, 6.45) is 0. The molecule has 1 unspecified atom stereocenters. The monoisotopic (exact) mass is 368 g/mol. The van der Waals surface area contributed by atoms with Crippen molar-refractivity contribution in [3.63, 3.8) is 0 Å². The molecule has 19 heavy (non-hydrogen) atoms. The summed E-state index contributed by atoms with van der Waals surface area (Å²) in [5.74, 6) is 6.62. The van der Waals surface area contributed by atoms with E-state index in [9.17, 15) is 0 Å². The number of methoxy groups -OCH3 is 1. The van der Waals surface area contributed by atoms with Crippen molar-refractivity contribution >= 4 is 22.6 Å². The highest BCUT2D eigenvalue weighted by atomic mass is 127.